The number of carbonyl (C=O) groups excluding carboxylic acids is 1. The fourth-order valence-corrected chi connectivity index (χ4v) is 4.04. The minimum Gasteiger partial charge on any atom is -0.343 e. The summed E-state index contributed by atoms with van der Waals surface area (Å²) in [7, 11) is 1.79. The number of likely N-dealkylation sites (N-methyl/N-ethyl adjacent to an activating group) is 1. The zero-order chi connectivity index (χ0) is 17.4. The summed E-state index contributed by atoms with van der Waals surface area (Å²) in [6.07, 6.45) is 5.27. The molecule has 1 aliphatic heterocycles. The molecule has 1 aromatic heterocycles. The number of hydrogen-bond donors (Lipinski definition) is 2. The van der Waals surface area contributed by atoms with Crippen molar-refractivity contribution in [3.63, 3.8) is 0 Å². The summed E-state index contributed by atoms with van der Waals surface area (Å²) in [6.45, 7) is 0.601. The molecule has 2 fully saturated rings. The minimum absolute atomic E-state index is 0.0333. The van der Waals surface area contributed by atoms with Gasteiger partial charge in [0.05, 0.1) is 11.6 Å². The van der Waals surface area contributed by atoms with E-state index >= 15 is 0 Å². The summed E-state index contributed by atoms with van der Waals surface area (Å²) in [4.78, 5) is 26.7. The van der Waals surface area contributed by atoms with Crippen molar-refractivity contribution in [2.24, 2.45) is 5.92 Å². The smallest absolute Gasteiger partial charge is 0.275 e. The largest absolute Gasteiger partial charge is 0.343 e. The van der Waals surface area contributed by atoms with Gasteiger partial charge in [-0.25, -0.2) is 4.68 Å². The third-order valence-corrected chi connectivity index (χ3v) is 5.48. The number of nitrogens with zero attached hydrogens (tertiary/aromatic N) is 3. The van der Waals surface area contributed by atoms with E-state index in [1.807, 2.05) is 18.2 Å². The number of nitrogens with one attached hydrogen (secondary N) is 2. The van der Waals surface area contributed by atoms with Crippen LogP contribution in [-0.2, 0) is 11.3 Å². The highest BCUT2D eigenvalue weighted by atomic mass is 16.2. The molecular weight excluding hydrogens is 318 g/mol. The quantitative estimate of drug-likeness (QED) is 0.847. The standard InChI is InChI=1S/C18H23N5O2/c1-22(10-16-14-7-4-8-15(14)20-21-16)17(24)11-23-18(25)13-6-3-2-5-12(13)9-19-23/h2-3,5-6,9,14-16,20-21H,4,7-8,10-11H2,1H3. The maximum absolute atomic E-state index is 12.6. The number of amides is 1. The predicted molar refractivity (Wildman–Crippen MR) is 94.8 cm³/mol. The number of hydrazine groups is 1. The molecule has 2 aliphatic rings. The van der Waals surface area contributed by atoms with Crippen molar-refractivity contribution < 1.29 is 4.79 Å². The van der Waals surface area contributed by atoms with E-state index < -0.39 is 0 Å². The Hall–Kier alpha value is -2.25. The second kappa shape index (κ2) is 6.57. The molecule has 0 radical (unpaired) electrons. The van der Waals surface area contributed by atoms with Crippen molar-refractivity contribution in [3.8, 4) is 0 Å². The number of hydrogen-bond acceptors (Lipinski definition) is 5. The Kier molecular flexibility index (Phi) is 4.27. The number of carbonyl (C=O) groups is 1. The lowest BCUT2D eigenvalue weighted by atomic mass is 9.97. The molecule has 4 rings (SSSR count). The van der Waals surface area contributed by atoms with Gasteiger partial charge < -0.3 is 4.90 Å². The van der Waals surface area contributed by atoms with Gasteiger partial charge in [0.2, 0.25) is 5.91 Å². The molecule has 7 nitrogen and oxygen atoms in total. The molecule has 2 heterocycles. The van der Waals surface area contributed by atoms with Crippen molar-refractivity contribution in [1.82, 2.24) is 25.5 Å². The maximum Gasteiger partial charge on any atom is 0.275 e. The van der Waals surface area contributed by atoms with Gasteiger partial charge in [0.25, 0.3) is 5.56 Å². The molecule has 3 unspecified atom stereocenters. The predicted octanol–water partition coefficient (Wildman–Crippen LogP) is 0.500. The van der Waals surface area contributed by atoms with Crippen molar-refractivity contribution in [2.45, 2.75) is 37.9 Å². The van der Waals surface area contributed by atoms with E-state index in [-0.39, 0.29) is 24.1 Å². The normalized spacial score (nSPS) is 25.2. The van der Waals surface area contributed by atoms with Crippen LogP contribution in [0.2, 0.25) is 0 Å². The first-order chi connectivity index (χ1) is 12.1. The topological polar surface area (TPSA) is 79.3 Å². The van der Waals surface area contributed by atoms with E-state index in [4.69, 9.17) is 0 Å². The van der Waals surface area contributed by atoms with E-state index in [0.717, 1.165) is 5.39 Å². The van der Waals surface area contributed by atoms with Crippen molar-refractivity contribution in [1.29, 1.82) is 0 Å². The van der Waals surface area contributed by atoms with Crippen LogP contribution in [0.5, 0.6) is 0 Å². The number of rotatable bonds is 4. The zero-order valence-electron chi connectivity index (χ0n) is 14.3. The highest BCUT2D eigenvalue weighted by Gasteiger charge is 2.39. The maximum atomic E-state index is 12.6. The van der Waals surface area contributed by atoms with Gasteiger partial charge in [-0.3, -0.25) is 20.4 Å². The molecule has 0 spiro atoms. The highest BCUT2D eigenvalue weighted by molar-refractivity contribution is 5.81. The summed E-state index contributed by atoms with van der Waals surface area (Å²) in [5.74, 6) is 0.477. The number of benzene rings is 1. The van der Waals surface area contributed by atoms with Crippen molar-refractivity contribution >= 4 is 16.7 Å². The first-order valence-corrected chi connectivity index (χ1v) is 8.83. The van der Waals surface area contributed by atoms with Gasteiger partial charge in [0.15, 0.2) is 0 Å². The van der Waals surface area contributed by atoms with Gasteiger partial charge in [-0.2, -0.15) is 5.10 Å². The van der Waals surface area contributed by atoms with E-state index in [2.05, 4.69) is 16.0 Å². The number of aromatic nitrogens is 2. The molecule has 1 aliphatic carbocycles. The molecule has 3 atom stereocenters. The zero-order valence-corrected chi connectivity index (χ0v) is 14.3. The second-order valence-corrected chi connectivity index (χ2v) is 7.07. The van der Waals surface area contributed by atoms with Gasteiger partial charge >= 0.3 is 0 Å². The average molecular weight is 341 g/mol. The van der Waals surface area contributed by atoms with Crippen LogP contribution in [0.3, 0.4) is 0 Å². The molecule has 2 aromatic rings. The molecule has 1 saturated heterocycles. The fourth-order valence-electron chi connectivity index (χ4n) is 4.04. The van der Waals surface area contributed by atoms with Crippen LogP contribution in [0.25, 0.3) is 10.8 Å². The van der Waals surface area contributed by atoms with E-state index in [1.54, 1.807) is 24.2 Å². The lowest BCUT2D eigenvalue weighted by molar-refractivity contribution is -0.131. The monoisotopic (exact) mass is 341 g/mol. The van der Waals surface area contributed by atoms with Crippen LogP contribution < -0.4 is 16.4 Å². The van der Waals surface area contributed by atoms with Crippen LogP contribution in [0.1, 0.15) is 19.3 Å². The summed E-state index contributed by atoms with van der Waals surface area (Å²) in [5, 5.41) is 5.52. The van der Waals surface area contributed by atoms with Crippen LogP contribution >= 0.6 is 0 Å². The van der Waals surface area contributed by atoms with Gasteiger partial charge in [0, 0.05) is 31.1 Å². The van der Waals surface area contributed by atoms with Gasteiger partial charge in [-0.1, -0.05) is 24.6 Å². The van der Waals surface area contributed by atoms with Crippen molar-refractivity contribution in [3.05, 3.63) is 40.8 Å². The Balaban J connectivity index is 1.45. The highest BCUT2D eigenvalue weighted by Crippen LogP contribution is 2.31. The van der Waals surface area contributed by atoms with Crippen LogP contribution in [-0.4, -0.2) is 46.3 Å². The van der Waals surface area contributed by atoms with Crippen LogP contribution in [0.15, 0.2) is 35.3 Å². The van der Waals surface area contributed by atoms with Crippen LogP contribution in [0, 0.1) is 5.92 Å². The molecule has 1 saturated carbocycles. The van der Waals surface area contributed by atoms with E-state index in [1.165, 1.54) is 23.9 Å². The minimum atomic E-state index is -0.226. The Bertz CT molecular complexity index is 849. The molecule has 1 aromatic carbocycles. The Morgan fingerprint density at radius 3 is 3.04 bits per heavy atom. The van der Waals surface area contributed by atoms with E-state index in [9.17, 15) is 9.59 Å². The summed E-state index contributed by atoms with van der Waals surface area (Å²) in [6, 6.07) is 8.09. The SMILES string of the molecule is CN(CC1NNC2CCCC21)C(=O)Cn1ncc2ccccc2c1=O. The summed E-state index contributed by atoms with van der Waals surface area (Å²) in [5.41, 5.74) is 6.43. The summed E-state index contributed by atoms with van der Waals surface area (Å²) >= 11 is 0. The van der Waals surface area contributed by atoms with Gasteiger partial charge in [-0.05, 0) is 24.8 Å². The molecule has 2 N–H and O–H groups in total. The molecule has 132 valence electrons. The van der Waals surface area contributed by atoms with Gasteiger partial charge in [0.1, 0.15) is 6.54 Å². The Morgan fingerprint density at radius 2 is 2.16 bits per heavy atom. The molecule has 0 bridgehead atoms. The summed E-state index contributed by atoms with van der Waals surface area (Å²) < 4.78 is 1.25. The first-order valence-electron chi connectivity index (χ1n) is 8.83. The Labute approximate surface area is 146 Å². The molecular formula is C18H23N5O2. The second-order valence-electron chi connectivity index (χ2n) is 7.07. The third-order valence-electron chi connectivity index (χ3n) is 5.48. The molecule has 1 amide bonds. The third kappa shape index (κ3) is 3.05. The van der Waals surface area contributed by atoms with E-state index in [0.29, 0.717) is 23.9 Å². The van der Waals surface area contributed by atoms with Crippen LogP contribution in [0.4, 0.5) is 0 Å². The lowest BCUT2D eigenvalue weighted by Crippen LogP contribution is -2.45. The van der Waals surface area contributed by atoms with Gasteiger partial charge in [-0.15, -0.1) is 0 Å². The first kappa shape index (κ1) is 16.2. The Morgan fingerprint density at radius 1 is 1.32 bits per heavy atom. The average Bonchev–Trinajstić information content (AvgIpc) is 3.22. The molecule has 7 heteroatoms. The lowest BCUT2D eigenvalue weighted by Gasteiger charge is -2.24. The number of fused-ring (bicyclic) bond motifs is 2. The van der Waals surface area contributed by atoms with Crippen molar-refractivity contribution in [2.75, 3.05) is 13.6 Å². The fraction of sp³-hybridized carbons (Fsp3) is 0.500. The molecule has 25 heavy (non-hydrogen) atoms.